The van der Waals surface area contributed by atoms with Crippen molar-refractivity contribution in [3.05, 3.63) is 0 Å². The molecule has 0 aromatic heterocycles. The van der Waals surface area contributed by atoms with Crippen molar-refractivity contribution in [3.8, 4) is 0 Å². The van der Waals surface area contributed by atoms with Gasteiger partial charge in [0.25, 0.3) is 5.91 Å². The fourth-order valence-corrected chi connectivity index (χ4v) is 2.74. The SMILES string of the molecule is CC(C1CCCCC1)N1CC(=O)C(=O)NC1=O. The van der Waals surface area contributed by atoms with E-state index in [0.29, 0.717) is 5.92 Å². The van der Waals surface area contributed by atoms with Crippen LogP contribution in [0.15, 0.2) is 0 Å². The minimum atomic E-state index is -0.776. The van der Waals surface area contributed by atoms with E-state index in [9.17, 15) is 14.4 Å². The minimum absolute atomic E-state index is 0.0346. The van der Waals surface area contributed by atoms with Gasteiger partial charge in [-0.1, -0.05) is 19.3 Å². The summed E-state index contributed by atoms with van der Waals surface area (Å²) in [6, 6.07) is -0.389. The van der Waals surface area contributed by atoms with Crippen LogP contribution in [0.3, 0.4) is 0 Å². The Morgan fingerprint density at radius 2 is 1.82 bits per heavy atom. The van der Waals surface area contributed by atoms with E-state index >= 15 is 0 Å². The molecule has 2 aliphatic rings. The third-order valence-electron chi connectivity index (χ3n) is 3.87. The topological polar surface area (TPSA) is 66.5 Å². The molecule has 1 atom stereocenters. The number of imide groups is 1. The van der Waals surface area contributed by atoms with Gasteiger partial charge < -0.3 is 4.90 Å². The van der Waals surface area contributed by atoms with Crippen LogP contribution in [0.5, 0.6) is 0 Å². The summed E-state index contributed by atoms with van der Waals surface area (Å²) in [5.41, 5.74) is 0. The molecule has 1 saturated carbocycles. The van der Waals surface area contributed by atoms with Crippen LogP contribution in [0.2, 0.25) is 0 Å². The second-order valence-electron chi connectivity index (χ2n) is 4.95. The number of carbonyl (C=O) groups excluding carboxylic acids is 3. The summed E-state index contributed by atoms with van der Waals surface area (Å²) in [4.78, 5) is 35.5. The Morgan fingerprint density at radius 1 is 1.18 bits per heavy atom. The molecule has 3 amide bonds. The fourth-order valence-electron chi connectivity index (χ4n) is 2.74. The molecule has 1 saturated heterocycles. The summed E-state index contributed by atoms with van der Waals surface area (Å²) < 4.78 is 0. The molecule has 2 rings (SSSR count). The molecule has 1 N–H and O–H groups in total. The zero-order chi connectivity index (χ0) is 12.4. The first-order valence-electron chi connectivity index (χ1n) is 6.24. The lowest BCUT2D eigenvalue weighted by Gasteiger charge is -2.37. The van der Waals surface area contributed by atoms with E-state index in [1.165, 1.54) is 24.2 Å². The highest BCUT2D eigenvalue weighted by Gasteiger charge is 2.36. The first-order chi connectivity index (χ1) is 8.09. The molecule has 17 heavy (non-hydrogen) atoms. The van der Waals surface area contributed by atoms with E-state index in [1.54, 1.807) is 0 Å². The molecule has 1 aliphatic carbocycles. The number of Topliss-reactive ketones (excluding diaryl/α,β-unsaturated/α-hetero) is 1. The van der Waals surface area contributed by atoms with Gasteiger partial charge in [-0.2, -0.15) is 0 Å². The summed E-state index contributed by atoms with van der Waals surface area (Å²) in [6.45, 7) is 1.90. The Morgan fingerprint density at radius 3 is 2.47 bits per heavy atom. The van der Waals surface area contributed by atoms with E-state index in [-0.39, 0.29) is 12.6 Å². The van der Waals surface area contributed by atoms with Crippen LogP contribution in [0.25, 0.3) is 0 Å². The molecule has 5 nitrogen and oxygen atoms in total. The van der Waals surface area contributed by atoms with Gasteiger partial charge in [0.15, 0.2) is 0 Å². The fraction of sp³-hybridized carbons (Fsp3) is 0.750. The number of nitrogens with one attached hydrogen (secondary N) is 1. The maximum Gasteiger partial charge on any atom is 0.325 e. The van der Waals surface area contributed by atoms with E-state index < -0.39 is 17.7 Å². The Balaban J connectivity index is 2.02. The highest BCUT2D eigenvalue weighted by Crippen LogP contribution is 2.29. The second kappa shape index (κ2) is 4.85. The Labute approximate surface area is 101 Å². The maximum absolute atomic E-state index is 11.7. The van der Waals surface area contributed by atoms with E-state index in [1.807, 2.05) is 6.92 Å². The van der Waals surface area contributed by atoms with E-state index in [2.05, 4.69) is 5.32 Å². The molecule has 0 bridgehead atoms. The monoisotopic (exact) mass is 238 g/mol. The number of hydrogen-bond acceptors (Lipinski definition) is 3. The van der Waals surface area contributed by atoms with Crippen LogP contribution in [0.4, 0.5) is 4.79 Å². The van der Waals surface area contributed by atoms with Crippen molar-refractivity contribution in [1.29, 1.82) is 0 Å². The van der Waals surface area contributed by atoms with Crippen molar-refractivity contribution in [2.24, 2.45) is 5.92 Å². The van der Waals surface area contributed by atoms with Crippen LogP contribution < -0.4 is 5.32 Å². The predicted octanol–water partition coefficient (Wildman–Crippen LogP) is 1.08. The molecule has 0 aromatic carbocycles. The molecule has 0 aromatic rings. The summed E-state index contributed by atoms with van der Waals surface area (Å²) in [5.74, 6) is -0.843. The zero-order valence-corrected chi connectivity index (χ0v) is 10.1. The Bertz CT molecular complexity index is 348. The van der Waals surface area contributed by atoms with Gasteiger partial charge in [0, 0.05) is 6.04 Å². The van der Waals surface area contributed by atoms with Gasteiger partial charge in [-0.05, 0) is 25.7 Å². The number of rotatable bonds is 2. The van der Waals surface area contributed by atoms with Gasteiger partial charge in [-0.3, -0.25) is 14.9 Å². The lowest BCUT2D eigenvalue weighted by molar-refractivity contribution is -0.139. The summed E-state index contributed by atoms with van der Waals surface area (Å²) in [6.07, 6.45) is 5.85. The third-order valence-corrected chi connectivity index (χ3v) is 3.87. The molecule has 0 radical (unpaired) electrons. The number of ketones is 1. The summed E-state index contributed by atoms with van der Waals surface area (Å²) >= 11 is 0. The normalized spacial score (nSPS) is 24.8. The first-order valence-corrected chi connectivity index (χ1v) is 6.24. The van der Waals surface area contributed by atoms with Gasteiger partial charge >= 0.3 is 6.03 Å². The minimum Gasteiger partial charge on any atom is -0.314 e. The average Bonchev–Trinajstić information content (AvgIpc) is 2.34. The summed E-state index contributed by atoms with van der Waals surface area (Å²) in [5, 5.41) is 2.10. The van der Waals surface area contributed by atoms with Crippen molar-refractivity contribution in [2.45, 2.75) is 45.1 Å². The number of amides is 3. The predicted molar refractivity (Wildman–Crippen MR) is 61.3 cm³/mol. The first kappa shape index (κ1) is 12.1. The van der Waals surface area contributed by atoms with Crippen molar-refractivity contribution >= 4 is 17.7 Å². The van der Waals surface area contributed by atoms with Crippen molar-refractivity contribution in [3.63, 3.8) is 0 Å². The number of nitrogens with zero attached hydrogens (tertiary/aromatic N) is 1. The van der Waals surface area contributed by atoms with Crippen molar-refractivity contribution in [2.75, 3.05) is 6.54 Å². The zero-order valence-electron chi connectivity index (χ0n) is 10.1. The molecule has 5 heteroatoms. The molecule has 1 heterocycles. The standard InChI is InChI=1S/C12H18N2O3/c1-8(9-5-3-2-4-6-9)14-7-10(15)11(16)13-12(14)17/h8-9H,2-7H2,1H3,(H,13,16,17). The van der Waals surface area contributed by atoms with E-state index in [4.69, 9.17) is 0 Å². The van der Waals surface area contributed by atoms with Crippen LogP contribution in [-0.4, -0.2) is 35.2 Å². The lowest BCUT2D eigenvalue weighted by atomic mass is 9.84. The van der Waals surface area contributed by atoms with Gasteiger partial charge in [0.1, 0.15) is 0 Å². The lowest BCUT2D eigenvalue weighted by Crippen LogP contribution is -2.59. The highest BCUT2D eigenvalue weighted by molar-refractivity contribution is 6.41. The summed E-state index contributed by atoms with van der Waals surface area (Å²) in [7, 11) is 0. The molecular weight excluding hydrogens is 220 g/mol. The molecule has 1 unspecified atom stereocenters. The highest BCUT2D eigenvalue weighted by atomic mass is 16.2. The number of urea groups is 1. The third kappa shape index (κ3) is 2.48. The molecule has 0 spiro atoms. The Kier molecular flexibility index (Phi) is 3.45. The second-order valence-corrected chi connectivity index (χ2v) is 4.95. The number of hydrogen-bond donors (Lipinski definition) is 1. The quantitative estimate of drug-likeness (QED) is 0.732. The molecule has 2 fully saturated rings. The van der Waals surface area contributed by atoms with Crippen LogP contribution in [0, 0.1) is 5.92 Å². The molecular formula is C12H18N2O3. The van der Waals surface area contributed by atoms with Gasteiger partial charge in [0.05, 0.1) is 6.54 Å². The van der Waals surface area contributed by atoms with Crippen LogP contribution in [0.1, 0.15) is 39.0 Å². The maximum atomic E-state index is 11.7. The van der Waals surface area contributed by atoms with Crippen LogP contribution >= 0.6 is 0 Å². The van der Waals surface area contributed by atoms with Crippen molar-refractivity contribution in [1.82, 2.24) is 10.2 Å². The molecule has 1 aliphatic heterocycles. The smallest absolute Gasteiger partial charge is 0.314 e. The van der Waals surface area contributed by atoms with Crippen LogP contribution in [-0.2, 0) is 9.59 Å². The average molecular weight is 238 g/mol. The number of carbonyl (C=O) groups is 3. The van der Waals surface area contributed by atoms with Crippen molar-refractivity contribution < 1.29 is 14.4 Å². The van der Waals surface area contributed by atoms with Gasteiger partial charge in [-0.25, -0.2) is 4.79 Å². The largest absolute Gasteiger partial charge is 0.325 e. The van der Waals surface area contributed by atoms with Gasteiger partial charge in [0.2, 0.25) is 5.78 Å². The molecule has 94 valence electrons. The van der Waals surface area contributed by atoms with Gasteiger partial charge in [-0.15, -0.1) is 0 Å². The Hall–Kier alpha value is -1.39. The van der Waals surface area contributed by atoms with E-state index in [0.717, 1.165) is 12.8 Å².